The summed E-state index contributed by atoms with van der Waals surface area (Å²) in [6.45, 7) is 14.0. The summed E-state index contributed by atoms with van der Waals surface area (Å²) in [5.74, 6) is 5.62. The van der Waals surface area contributed by atoms with Crippen LogP contribution in [0.15, 0.2) is 12.1 Å². The molecule has 18 heavy (non-hydrogen) atoms. The highest BCUT2D eigenvalue weighted by Crippen LogP contribution is 2.12. The molecule has 1 aromatic rings. The van der Waals surface area contributed by atoms with Gasteiger partial charge in [0, 0.05) is 11.1 Å². The van der Waals surface area contributed by atoms with Gasteiger partial charge in [-0.25, -0.2) is 0 Å². The van der Waals surface area contributed by atoms with Crippen molar-refractivity contribution in [3.05, 3.63) is 23.3 Å². The fraction of sp³-hybridized carbons (Fsp3) is 0.375. The Hall–Kier alpha value is -1.23. The smallest absolute Gasteiger partial charge is 0.0792 e. The highest BCUT2D eigenvalue weighted by Gasteiger charge is 2.26. The van der Waals surface area contributed by atoms with Crippen LogP contribution in [0.2, 0.25) is 39.3 Å². The first-order chi connectivity index (χ1) is 8.11. The maximum Gasteiger partial charge on any atom is 0.0792 e. The van der Waals surface area contributed by atoms with Gasteiger partial charge in [0.25, 0.3) is 0 Å². The van der Waals surface area contributed by atoms with E-state index >= 15 is 0 Å². The van der Waals surface area contributed by atoms with Gasteiger partial charge in [0.2, 0.25) is 0 Å². The Labute approximate surface area is 114 Å². The Kier molecular flexibility index (Phi) is 3.96. The molecular formula is C16H22Si2. The van der Waals surface area contributed by atoms with E-state index in [4.69, 9.17) is 12.8 Å². The number of hydrogen-bond donors (Lipinski definition) is 0. The minimum absolute atomic E-state index is 0.990. The van der Waals surface area contributed by atoms with Crippen molar-refractivity contribution in [2.24, 2.45) is 0 Å². The zero-order chi connectivity index (χ0) is 14.1. The summed E-state index contributed by atoms with van der Waals surface area (Å²) in [5.41, 5.74) is 1.98. The van der Waals surface area contributed by atoms with Gasteiger partial charge in [-0.2, -0.15) is 0 Å². The molecule has 1 aromatic carbocycles. The normalized spacial score (nSPS) is 11.8. The molecule has 0 nitrogen and oxygen atoms in total. The second-order valence-electron chi connectivity index (χ2n) is 6.73. The molecule has 1 rings (SSSR count). The third-order valence-corrected chi connectivity index (χ3v) is 7.14. The molecule has 0 saturated carbocycles. The van der Waals surface area contributed by atoms with Crippen LogP contribution in [0.4, 0.5) is 0 Å². The Morgan fingerprint density at radius 1 is 0.722 bits per heavy atom. The summed E-state index contributed by atoms with van der Waals surface area (Å²) >= 11 is 0. The molecule has 0 aliphatic carbocycles. The van der Waals surface area contributed by atoms with Gasteiger partial charge in [-0.15, -0.1) is 12.8 Å². The van der Waals surface area contributed by atoms with Gasteiger partial charge in [-0.05, 0) is 16.4 Å². The van der Waals surface area contributed by atoms with Gasteiger partial charge < -0.3 is 0 Å². The third kappa shape index (κ3) is 2.96. The van der Waals surface area contributed by atoms with Crippen LogP contribution in [0.3, 0.4) is 0 Å². The van der Waals surface area contributed by atoms with E-state index in [-0.39, 0.29) is 0 Å². The Balaban J connectivity index is 3.68. The van der Waals surface area contributed by atoms with Crippen molar-refractivity contribution in [3.63, 3.8) is 0 Å². The van der Waals surface area contributed by atoms with Gasteiger partial charge in [0.15, 0.2) is 0 Å². The summed E-state index contributed by atoms with van der Waals surface area (Å²) in [4.78, 5) is 0. The number of rotatable bonds is 2. The highest BCUT2D eigenvalue weighted by molar-refractivity contribution is 6.92. The molecular weight excluding hydrogens is 248 g/mol. The third-order valence-electron chi connectivity index (χ3n) is 3.08. The summed E-state index contributed by atoms with van der Waals surface area (Å²) in [6, 6.07) is 4.35. The second-order valence-corrected chi connectivity index (χ2v) is 16.8. The first-order valence-electron chi connectivity index (χ1n) is 6.23. The van der Waals surface area contributed by atoms with Crippen molar-refractivity contribution in [1.82, 2.24) is 0 Å². The molecule has 0 aromatic heterocycles. The number of benzene rings is 1. The minimum Gasteiger partial charge on any atom is -0.115 e. The SMILES string of the molecule is C#Cc1cc(C#C)c([Si](C)(C)C)cc1[Si](C)(C)C. The van der Waals surface area contributed by atoms with E-state index in [1.54, 1.807) is 0 Å². The largest absolute Gasteiger partial charge is 0.115 e. The first kappa shape index (κ1) is 14.8. The van der Waals surface area contributed by atoms with Crippen LogP contribution >= 0.6 is 0 Å². The predicted octanol–water partition coefficient (Wildman–Crippen LogP) is 2.74. The van der Waals surface area contributed by atoms with Crippen molar-refractivity contribution in [3.8, 4) is 24.7 Å². The molecule has 0 atom stereocenters. The van der Waals surface area contributed by atoms with Crippen LogP contribution in [0.1, 0.15) is 11.1 Å². The van der Waals surface area contributed by atoms with Crippen molar-refractivity contribution in [1.29, 1.82) is 0 Å². The molecule has 94 valence electrons. The molecule has 0 saturated heterocycles. The van der Waals surface area contributed by atoms with Gasteiger partial charge >= 0.3 is 0 Å². The molecule has 0 bridgehead atoms. The summed E-state index contributed by atoms with van der Waals surface area (Å²) in [5, 5.41) is 2.72. The van der Waals surface area contributed by atoms with Gasteiger partial charge in [0.1, 0.15) is 0 Å². The van der Waals surface area contributed by atoms with E-state index in [0.29, 0.717) is 0 Å². The number of terminal acetylenes is 2. The lowest BCUT2D eigenvalue weighted by Crippen LogP contribution is -2.47. The topological polar surface area (TPSA) is 0 Å². The lowest BCUT2D eigenvalue weighted by atomic mass is 10.1. The second kappa shape index (κ2) is 4.80. The van der Waals surface area contributed by atoms with E-state index in [0.717, 1.165) is 11.1 Å². The molecule has 0 heterocycles. The van der Waals surface area contributed by atoms with Crippen molar-refractivity contribution >= 4 is 26.5 Å². The molecule has 0 aliphatic rings. The zero-order valence-electron chi connectivity index (χ0n) is 12.3. The fourth-order valence-electron chi connectivity index (χ4n) is 2.08. The standard InChI is InChI=1S/C16H22Si2/c1-9-13-11-14(10-2)16(18(6,7)8)12-15(13)17(3,4)5/h1-2,11-12H,3-8H3. The Morgan fingerprint density at radius 2 is 1.06 bits per heavy atom. The van der Waals surface area contributed by atoms with Crippen molar-refractivity contribution < 1.29 is 0 Å². The van der Waals surface area contributed by atoms with Crippen LogP contribution in [0.5, 0.6) is 0 Å². The molecule has 0 fully saturated rings. The molecule has 0 radical (unpaired) electrons. The van der Waals surface area contributed by atoms with Crippen molar-refractivity contribution in [2.75, 3.05) is 0 Å². The van der Waals surface area contributed by atoms with Gasteiger partial charge in [-0.3, -0.25) is 0 Å². The molecule has 0 unspecified atom stereocenters. The van der Waals surface area contributed by atoms with Crippen molar-refractivity contribution in [2.45, 2.75) is 39.3 Å². The van der Waals surface area contributed by atoms with Crippen LogP contribution in [0.25, 0.3) is 0 Å². The molecule has 0 amide bonds. The highest BCUT2D eigenvalue weighted by atomic mass is 28.3. The van der Waals surface area contributed by atoms with Crippen LogP contribution in [-0.2, 0) is 0 Å². The Bertz CT molecular complexity index is 493. The maximum atomic E-state index is 5.65. The molecule has 2 heteroatoms. The number of hydrogen-bond acceptors (Lipinski definition) is 0. The van der Waals surface area contributed by atoms with E-state index in [1.807, 2.05) is 6.07 Å². The molecule has 0 aliphatic heterocycles. The van der Waals surface area contributed by atoms with Gasteiger partial charge in [0.05, 0.1) is 16.1 Å². The van der Waals surface area contributed by atoms with Gasteiger partial charge in [-0.1, -0.05) is 57.2 Å². The molecule has 0 spiro atoms. The average Bonchev–Trinajstić information content (AvgIpc) is 2.24. The van der Waals surface area contributed by atoms with E-state index in [1.165, 1.54) is 10.4 Å². The van der Waals surface area contributed by atoms with Crippen LogP contribution < -0.4 is 10.4 Å². The predicted molar refractivity (Wildman–Crippen MR) is 88.3 cm³/mol. The Morgan fingerprint density at radius 3 is 1.28 bits per heavy atom. The maximum absolute atomic E-state index is 5.65. The fourth-order valence-corrected chi connectivity index (χ4v) is 5.28. The summed E-state index contributed by atoms with van der Waals surface area (Å²) < 4.78 is 0. The van der Waals surface area contributed by atoms with E-state index in [9.17, 15) is 0 Å². The van der Waals surface area contributed by atoms with E-state index < -0.39 is 16.1 Å². The minimum atomic E-state index is -1.43. The molecule has 0 N–H and O–H groups in total. The zero-order valence-corrected chi connectivity index (χ0v) is 14.3. The average molecular weight is 271 g/mol. The lowest BCUT2D eigenvalue weighted by Gasteiger charge is -2.25. The van der Waals surface area contributed by atoms with E-state index in [2.05, 4.69) is 57.2 Å². The first-order valence-corrected chi connectivity index (χ1v) is 13.2. The quantitative estimate of drug-likeness (QED) is 0.573. The summed E-state index contributed by atoms with van der Waals surface area (Å²) in [6.07, 6.45) is 11.3. The lowest BCUT2D eigenvalue weighted by molar-refractivity contribution is 1.60. The van der Waals surface area contributed by atoms with Crippen LogP contribution in [0, 0.1) is 24.7 Å². The van der Waals surface area contributed by atoms with Crippen LogP contribution in [-0.4, -0.2) is 16.1 Å². The summed E-state index contributed by atoms with van der Waals surface area (Å²) in [7, 11) is -2.87. The monoisotopic (exact) mass is 270 g/mol.